The number of hydrogen-bond acceptors (Lipinski definition) is 3. The van der Waals surface area contributed by atoms with E-state index >= 15 is 0 Å². The maximum absolute atomic E-state index is 4.37. The molecule has 2 nitrogen and oxygen atoms in total. The molecule has 0 aliphatic heterocycles. The molecule has 0 aliphatic rings. The molecule has 0 aliphatic carbocycles. The molecule has 0 fully saturated rings. The van der Waals surface area contributed by atoms with Crippen LogP contribution in [0.2, 0.25) is 0 Å². The Hall–Kier alpha value is -0.930. The van der Waals surface area contributed by atoms with Crippen molar-refractivity contribution in [1.82, 2.24) is 9.88 Å². The van der Waals surface area contributed by atoms with Crippen LogP contribution >= 0.6 is 11.3 Å². The van der Waals surface area contributed by atoms with Gasteiger partial charge >= 0.3 is 0 Å². The quantitative estimate of drug-likeness (QED) is 0.790. The molecule has 16 heavy (non-hydrogen) atoms. The van der Waals surface area contributed by atoms with Crippen LogP contribution in [0.5, 0.6) is 0 Å². The number of rotatable bonds is 5. The summed E-state index contributed by atoms with van der Waals surface area (Å²) in [5, 5.41) is 3.58. The minimum Gasteiger partial charge on any atom is -0.306 e. The van der Waals surface area contributed by atoms with Crippen LogP contribution in [0.25, 0.3) is 10.2 Å². The summed E-state index contributed by atoms with van der Waals surface area (Å²) in [5.41, 5.74) is 1.44. The number of aromatic nitrogens is 1. The fourth-order valence-electron chi connectivity index (χ4n) is 1.92. The topological polar surface area (TPSA) is 16.1 Å². The zero-order chi connectivity index (χ0) is 11.4. The Bertz CT molecular complexity index is 450. The molecule has 0 saturated heterocycles. The first-order valence-corrected chi connectivity index (χ1v) is 6.69. The van der Waals surface area contributed by atoms with Crippen LogP contribution in [0.4, 0.5) is 0 Å². The van der Waals surface area contributed by atoms with Crippen LogP contribution in [0.3, 0.4) is 0 Å². The first kappa shape index (κ1) is 11.6. The molecule has 0 atom stereocenters. The zero-order valence-electron chi connectivity index (χ0n) is 9.94. The predicted molar refractivity (Wildman–Crippen MR) is 71.1 cm³/mol. The number of hydrogen-bond donors (Lipinski definition) is 0. The highest BCUT2D eigenvalue weighted by Gasteiger charge is 2.05. The second-order valence-corrected chi connectivity index (χ2v) is 5.03. The molecular formula is C13H18N2S. The van der Waals surface area contributed by atoms with Crippen molar-refractivity contribution in [2.75, 3.05) is 20.1 Å². The Labute approximate surface area is 101 Å². The van der Waals surface area contributed by atoms with Crippen molar-refractivity contribution in [3.05, 3.63) is 29.3 Å². The Kier molecular flexibility index (Phi) is 3.91. The van der Waals surface area contributed by atoms with Gasteiger partial charge in [-0.1, -0.05) is 13.0 Å². The lowest BCUT2D eigenvalue weighted by Gasteiger charge is -2.14. The highest BCUT2D eigenvalue weighted by atomic mass is 32.1. The first-order valence-electron chi connectivity index (χ1n) is 5.81. The molecule has 2 aromatic rings. The minimum absolute atomic E-state index is 1.13. The normalized spacial score (nSPS) is 11.4. The van der Waals surface area contributed by atoms with Crippen LogP contribution in [-0.2, 0) is 6.42 Å². The highest BCUT2D eigenvalue weighted by Crippen LogP contribution is 2.23. The number of fused-ring (bicyclic) bond motifs is 1. The predicted octanol–water partition coefficient (Wildman–Crippen LogP) is 3.18. The number of likely N-dealkylation sites (N-methyl/N-ethyl adjacent to an activating group) is 1. The summed E-state index contributed by atoms with van der Waals surface area (Å²) in [6.07, 6.45) is 4.22. The standard InChI is InChI=1S/C13H18N2S/c1-3-8-15(2)9-6-11-10-16-13-12(11)5-4-7-14-13/h4-5,7,10H,3,6,8-9H2,1-2H3. The fraction of sp³-hybridized carbons (Fsp3) is 0.462. The van der Waals surface area contributed by atoms with Gasteiger partial charge in [0, 0.05) is 18.1 Å². The van der Waals surface area contributed by atoms with Gasteiger partial charge in [0.15, 0.2) is 0 Å². The van der Waals surface area contributed by atoms with Crippen molar-refractivity contribution in [2.45, 2.75) is 19.8 Å². The van der Waals surface area contributed by atoms with Crippen LogP contribution in [-0.4, -0.2) is 30.0 Å². The molecule has 2 rings (SSSR count). The third kappa shape index (κ3) is 2.60. The van der Waals surface area contributed by atoms with Crippen LogP contribution in [0.1, 0.15) is 18.9 Å². The van der Waals surface area contributed by atoms with Crippen molar-refractivity contribution in [3.8, 4) is 0 Å². The van der Waals surface area contributed by atoms with Gasteiger partial charge in [-0.2, -0.15) is 0 Å². The van der Waals surface area contributed by atoms with E-state index in [2.05, 4.69) is 35.3 Å². The summed E-state index contributed by atoms with van der Waals surface area (Å²) in [6, 6.07) is 4.20. The molecule has 86 valence electrons. The summed E-state index contributed by atoms with van der Waals surface area (Å²) >= 11 is 1.75. The molecule has 0 bridgehead atoms. The van der Waals surface area contributed by atoms with E-state index in [1.54, 1.807) is 11.3 Å². The van der Waals surface area contributed by atoms with Gasteiger partial charge < -0.3 is 4.90 Å². The largest absolute Gasteiger partial charge is 0.306 e. The van der Waals surface area contributed by atoms with E-state index < -0.39 is 0 Å². The van der Waals surface area contributed by atoms with Crippen molar-refractivity contribution in [1.29, 1.82) is 0 Å². The summed E-state index contributed by atoms with van der Waals surface area (Å²) in [7, 11) is 2.19. The molecule has 0 unspecified atom stereocenters. The number of nitrogens with zero attached hydrogens (tertiary/aromatic N) is 2. The lowest BCUT2D eigenvalue weighted by Crippen LogP contribution is -2.21. The maximum Gasteiger partial charge on any atom is 0.123 e. The van der Waals surface area contributed by atoms with Gasteiger partial charge in [0.1, 0.15) is 4.83 Å². The van der Waals surface area contributed by atoms with Gasteiger partial charge in [-0.25, -0.2) is 4.98 Å². The van der Waals surface area contributed by atoms with Gasteiger partial charge in [0.25, 0.3) is 0 Å². The monoisotopic (exact) mass is 234 g/mol. The summed E-state index contributed by atoms with van der Waals surface area (Å²) < 4.78 is 0. The molecular weight excluding hydrogens is 216 g/mol. The molecule has 0 N–H and O–H groups in total. The van der Waals surface area contributed by atoms with Gasteiger partial charge in [-0.3, -0.25) is 0 Å². The average molecular weight is 234 g/mol. The molecule has 3 heteroatoms. The van der Waals surface area contributed by atoms with E-state index in [4.69, 9.17) is 0 Å². The van der Waals surface area contributed by atoms with Crippen molar-refractivity contribution < 1.29 is 0 Å². The van der Waals surface area contributed by atoms with Crippen molar-refractivity contribution in [3.63, 3.8) is 0 Å². The van der Waals surface area contributed by atoms with E-state index in [-0.39, 0.29) is 0 Å². The third-order valence-electron chi connectivity index (χ3n) is 2.80. The van der Waals surface area contributed by atoms with Crippen LogP contribution in [0, 0.1) is 0 Å². The summed E-state index contributed by atoms with van der Waals surface area (Å²) in [6.45, 7) is 4.54. The van der Waals surface area contributed by atoms with Crippen LogP contribution < -0.4 is 0 Å². The molecule has 0 radical (unpaired) electrons. The fourth-order valence-corrected chi connectivity index (χ4v) is 2.86. The first-order chi connectivity index (χ1) is 7.81. The van der Waals surface area contributed by atoms with E-state index in [1.807, 2.05) is 12.3 Å². The molecule has 0 amide bonds. The van der Waals surface area contributed by atoms with E-state index in [0.29, 0.717) is 0 Å². The average Bonchev–Trinajstić information content (AvgIpc) is 2.70. The van der Waals surface area contributed by atoms with Crippen molar-refractivity contribution >= 4 is 21.6 Å². The Morgan fingerprint density at radius 1 is 1.38 bits per heavy atom. The Balaban J connectivity index is 2.04. The van der Waals surface area contributed by atoms with Crippen LogP contribution in [0.15, 0.2) is 23.7 Å². The molecule has 0 spiro atoms. The molecule has 0 saturated carbocycles. The summed E-state index contributed by atoms with van der Waals surface area (Å²) in [5.74, 6) is 0. The van der Waals surface area contributed by atoms with Crippen molar-refractivity contribution in [2.24, 2.45) is 0 Å². The number of thiophene rings is 1. The number of pyridine rings is 1. The molecule has 2 heterocycles. The smallest absolute Gasteiger partial charge is 0.123 e. The molecule has 2 aromatic heterocycles. The lowest BCUT2D eigenvalue weighted by atomic mass is 10.1. The second kappa shape index (κ2) is 5.41. The Morgan fingerprint density at radius 2 is 2.25 bits per heavy atom. The third-order valence-corrected chi connectivity index (χ3v) is 3.75. The SMILES string of the molecule is CCCN(C)CCc1csc2ncccc12. The van der Waals surface area contributed by atoms with E-state index in [0.717, 1.165) is 17.8 Å². The van der Waals surface area contributed by atoms with E-state index in [9.17, 15) is 0 Å². The maximum atomic E-state index is 4.37. The van der Waals surface area contributed by atoms with Gasteiger partial charge in [0.05, 0.1) is 0 Å². The van der Waals surface area contributed by atoms with Gasteiger partial charge in [-0.15, -0.1) is 11.3 Å². The minimum atomic E-state index is 1.13. The summed E-state index contributed by atoms with van der Waals surface area (Å²) in [4.78, 5) is 7.92. The van der Waals surface area contributed by atoms with Gasteiger partial charge in [0.2, 0.25) is 0 Å². The highest BCUT2D eigenvalue weighted by molar-refractivity contribution is 7.16. The molecule has 0 aromatic carbocycles. The zero-order valence-corrected chi connectivity index (χ0v) is 10.8. The lowest BCUT2D eigenvalue weighted by molar-refractivity contribution is 0.339. The van der Waals surface area contributed by atoms with E-state index in [1.165, 1.54) is 23.9 Å². The second-order valence-electron chi connectivity index (χ2n) is 4.17. The Morgan fingerprint density at radius 3 is 3.06 bits per heavy atom. The van der Waals surface area contributed by atoms with Gasteiger partial charge in [-0.05, 0) is 43.4 Å².